The third-order valence-corrected chi connectivity index (χ3v) is 4.51. The van der Waals surface area contributed by atoms with E-state index in [0.717, 1.165) is 31.9 Å². The highest BCUT2D eigenvalue weighted by Gasteiger charge is 2.19. The van der Waals surface area contributed by atoms with E-state index in [1.807, 2.05) is 37.3 Å². The van der Waals surface area contributed by atoms with E-state index in [1.165, 1.54) is 0 Å². The molecule has 1 aromatic carbocycles. The van der Waals surface area contributed by atoms with Crippen molar-refractivity contribution in [2.45, 2.75) is 26.3 Å². The Kier molecular flexibility index (Phi) is 5.83. The third kappa shape index (κ3) is 4.67. The number of hydrogen-bond acceptors (Lipinski definition) is 5. The summed E-state index contributed by atoms with van der Waals surface area (Å²) < 4.78 is 11.1. The van der Waals surface area contributed by atoms with E-state index in [1.54, 1.807) is 0 Å². The number of aryl methyl sites for hydroxylation is 1. The number of morpholine rings is 1. The molecule has 6 nitrogen and oxygen atoms in total. The Morgan fingerprint density at radius 3 is 2.72 bits per heavy atom. The molecule has 0 aliphatic carbocycles. The number of nitrogens with zero attached hydrogens (tertiary/aromatic N) is 2. The molecular formula is C19H25N3O3. The van der Waals surface area contributed by atoms with E-state index in [0.29, 0.717) is 29.9 Å². The van der Waals surface area contributed by atoms with Gasteiger partial charge in [-0.05, 0) is 26.0 Å². The van der Waals surface area contributed by atoms with Gasteiger partial charge in [0.25, 0.3) is 0 Å². The molecule has 1 aliphatic heterocycles. The number of ether oxygens (including phenoxy) is 1. The molecule has 0 bridgehead atoms. The first-order chi connectivity index (χ1) is 12.1. The number of amides is 1. The van der Waals surface area contributed by atoms with Gasteiger partial charge in [-0.15, -0.1) is 0 Å². The van der Waals surface area contributed by atoms with Gasteiger partial charge in [-0.2, -0.15) is 0 Å². The van der Waals surface area contributed by atoms with Crippen LogP contribution in [0.4, 0.5) is 0 Å². The Labute approximate surface area is 148 Å². The fraction of sp³-hybridized carbons (Fsp3) is 0.474. The molecule has 3 rings (SSSR count). The van der Waals surface area contributed by atoms with Gasteiger partial charge in [0, 0.05) is 31.2 Å². The summed E-state index contributed by atoms with van der Waals surface area (Å²) in [5.41, 5.74) is 1.61. The summed E-state index contributed by atoms with van der Waals surface area (Å²) in [5, 5.41) is 3.00. The summed E-state index contributed by atoms with van der Waals surface area (Å²) in [4.78, 5) is 19.1. The fourth-order valence-corrected chi connectivity index (χ4v) is 2.92. The largest absolute Gasteiger partial charge is 0.441 e. The first-order valence-electron chi connectivity index (χ1n) is 8.73. The molecule has 134 valence electrons. The second-order valence-electron chi connectivity index (χ2n) is 6.37. The second kappa shape index (κ2) is 8.27. The fourth-order valence-electron chi connectivity index (χ4n) is 2.92. The molecule has 2 aromatic rings. The quantitative estimate of drug-likeness (QED) is 0.869. The topological polar surface area (TPSA) is 67.6 Å². The predicted molar refractivity (Wildman–Crippen MR) is 95.2 cm³/mol. The zero-order valence-electron chi connectivity index (χ0n) is 14.8. The molecule has 1 saturated heterocycles. The number of carbonyl (C=O) groups excluding carboxylic acids is 1. The molecule has 0 spiro atoms. The van der Waals surface area contributed by atoms with Crippen LogP contribution in [-0.4, -0.2) is 54.7 Å². The molecule has 1 aromatic heterocycles. The Morgan fingerprint density at radius 1 is 1.28 bits per heavy atom. The third-order valence-electron chi connectivity index (χ3n) is 4.51. The Bertz CT molecular complexity index is 693. The average molecular weight is 343 g/mol. The lowest BCUT2D eigenvalue weighted by atomic mass is 10.2. The van der Waals surface area contributed by atoms with E-state index in [4.69, 9.17) is 9.15 Å². The van der Waals surface area contributed by atoms with Crippen molar-refractivity contribution < 1.29 is 13.9 Å². The zero-order chi connectivity index (χ0) is 17.6. The maximum Gasteiger partial charge on any atom is 0.226 e. The number of nitrogens with one attached hydrogen (secondary N) is 1. The van der Waals surface area contributed by atoms with E-state index in [-0.39, 0.29) is 12.3 Å². The summed E-state index contributed by atoms with van der Waals surface area (Å²) in [6.45, 7) is 7.96. The number of rotatable bonds is 6. The van der Waals surface area contributed by atoms with Crippen molar-refractivity contribution in [2.24, 2.45) is 0 Å². The zero-order valence-corrected chi connectivity index (χ0v) is 14.8. The van der Waals surface area contributed by atoms with Crippen molar-refractivity contribution in [2.75, 3.05) is 32.8 Å². The van der Waals surface area contributed by atoms with Crippen LogP contribution in [-0.2, 0) is 16.0 Å². The minimum absolute atomic E-state index is 0.0314. The van der Waals surface area contributed by atoms with Crippen LogP contribution >= 0.6 is 0 Å². The van der Waals surface area contributed by atoms with Crippen molar-refractivity contribution >= 4 is 5.91 Å². The molecule has 25 heavy (non-hydrogen) atoms. The first-order valence-corrected chi connectivity index (χ1v) is 8.73. The molecule has 1 fully saturated rings. The SMILES string of the molecule is Cc1oc(-c2ccccc2)nc1CC(=O)NC[C@@H](C)N1CCOCC1. The lowest BCUT2D eigenvalue weighted by molar-refractivity contribution is -0.120. The highest BCUT2D eigenvalue weighted by Crippen LogP contribution is 2.21. The van der Waals surface area contributed by atoms with Crippen molar-refractivity contribution in [1.29, 1.82) is 0 Å². The van der Waals surface area contributed by atoms with Gasteiger partial charge in [-0.3, -0.25) is 9.69 Å². The standard InChI is InChI=1S/C19H25N3O3/c1-14(22-8-10-24-11-9-22)13-20-18(23)12-17-15(2)25-19(21-17)16-6-4-3-5-7-16/h3-7,14H,8-13H2,1-2H3,(H,20,23)/t14-/m1/s1. The molecular weight excluding hydrogens is 318 g/mol. The maximum atomic E-state index is 12.3. The summed E-state index contributed by atoms with van der Waals surface area (Å²) in [5.74, 6) is 1.22. The lowest BCUT2D eigenvalue weighted by Crippen LogP contribution is -2.47. The van der Waals surface area contributed by atoms with Crippen molar-refractivity contribution in [1.82, 2.24) is 15.2 Å². The van der Waals surface area contributed by atoms with Crippen molar-refractivity contribution in [3.05, 3.63) is 41.8 Å². The van der Waals surface area contributed by atoms with Gasteiger partial charge in [-0.1, -0.05) is 18.2 Å². The number of carbonyl (C=O) groups is 1. The van der Waals surface area contributed by atoms with Gasteiger partial charge < -0.3 is 14.5 Å². The smallest absolute Gasteiger partial charge is 0.226 e. The van der Waals surface area contributed by atoms with Crippen LogP contribution < -0.4 is 5.32 Å². The first kappa shape index (κ1) is 17.6. The van der Waals surface area contributed by atoms with Crippen LogP contribution in [0.2, 0.25) is 0 Å². The molecule has 2 heterocycles. The number of oxazole rings is 1. The molecule has 0 radical (unpaired) electrons. The summed E-state index contributed by atoms with van der Waals surface area (Å²) in [7, 11) is 0. The Morgan fingerprint density at radius 2 is 2.00 bits per heavy atom. The van der Waals surface area contributed by atoms with Crippen LogP contribution in [0.3, 0.4) is 0 Å². The van der Waals surface area contributed by atoms with Gasteiger partial charge >= 0.3 is 0 Å². The lowest BCUT2D eigenvalue weighted by Gasteiger charge is -2.32. The minimum atomic E-state index is -0.0314. The van der Waals surface area contributed by atoms with Crippen molar-refractivity contribution in [3.63, 3.8) is 0 Å². The average Bonchev–Trinajstić information content (AvgIpc) is 3.01. The van der Waals surface area contributed by atoms with Crippen molar-refractivity contribution in [3.8, 4) is 11.5 Å². The summed E-state index contributed by atoms with van der Waals surface area (Å²) >= 11 is 0. The summed E-state index contributed by atoms with van der Waals surface area (Å²) in [6, 6.07) is 10.0. The molecule has 1 N–H and O–H groups in total. The number of aromatic nitrogens is 1. The maximum absolute atomic E-state index is 12.3. The molecule has 0 unspecified atom stereocenters. The normalized spacial score (nSPS) is 16.6. The molecule has 0 saturated carbocycles. The van der Waals surface area contributed by atoms with Crippen LogP contribution in [0.5, 0.6) is 0 Å². The Hall–Kier alpha value is -2.18. The van der Waals surface area contributed by atoms with Crippen LogP contribution in [0.15, 0.2) is 34.7 Å². The second-order valence-corrected chi connectivity index (χ2v) is 6.37. The Balaban J connectivity index is 1.53. The van der Waals surface area contributed by atoms with Crippen LogP contribution in [0.25, 0.3) is 11.5 Å². The van der Waals surface area contributed by atoms with Crippen LogP contribution in [0.1, 0.15) is 18.4 Å². The highest BCUT2D eigenvalue weighted by atomic mass is 16.5. The van der Waals surface area contributed by atoms with Gasteiger partial charge in [0.05, 0.1) is 25.3 Å². The van der Waals surface area contributed by atoms with E-state index >= 15 is 0 Å². The highest BCUT2D eigenvalue weighted by molar-refractivity contribution is 5.78. The van der Waals surface area contributed by atoms with E-state index < -0.39 is 0 Å². The number of benzene rings is 1. The van der Waals surface area contributed by atoms with Gasteiger partial charge in [0.2, 0.25) is 11.8 Å². The molecule has 6 heteroatoms. The van der Waals surface area contributed by atoms with Crippen LogP contribution in [0, 0.1) is 6.92 Å². The predicted octanol–water partition coefficient (Wildman–Crippen LogP) is 2.03. The molecule has 1 atom stereocenters. The number of hydrogen-bond donors (Lipinski definition) is 1. The van der Waals surface area contributed by atoms with Gasteiger partial charge in [0.15, 0.2) is 0 Å². The summed E-state index contributed by atoms with van der Waals surface area (Å²) in [6.07, 6.45) is 0.234. The van der Waals surface area contributed by atoms with E-state index in [2.05, 4.69) is 22.1 Å². The van der Waals surface area contributed by atoms with Gasteiger partial charge in [0.1, 0.15) is 5.76 Å². The van der Waals surface area contributed by atoms with E-state index in [9.17, 15) is 4.79 Å². The minimum Gasteiger partial charge on any atom is -0.441 e. The molecule has 1 amide bonds. The monoisotopic (exact) mass is 343 g/mol. The van der Waals surface area contributed by atoms with Gasteiger partial charge in [-0.25, -0.2) is 4.98 Å². The molecule has 1 aliphatic rings.